The largest absolute Gasteiger partial charge is 0.573 e. The molecule has 1 unspecified atom stereocenters. The van der Waals surface area contributed by atoms with Gasteiger partial charge >= 0.3 is 12.5 Å². The fraction of sp³-hybridized carbons (Fsp3) is 0.308. The molecule has 0 spiro atoms. The molecule has 1 aliphatic rings. The molecule has 3 aromatic carbocycles. The molecule has 0 aromatic heterocycles. The molecule has 1 atom stereocenters. The molecule has 0 saturated heterocycles. The normalized spacial score (nSPS) is 17.9. The lowest BCUT2D eigenvalue weighted by molar-refractivity contribution is -0.274. The quantitative estimate of drug-likeness (QED) is 0.333. The zero-order chi connectivity index (χ0) is 25.3. The summed E-state index contributed by atoms with van der Waals surface area (Å²) in [6.07, 6.45) is -9.85. The zero-order valence-electron chi connectivity index (χ0n) is 18.8. The Morgan fingerprint density at radius 3 is 2.23 bits per heavy atom. The Balaban J connectivity index is 1.81. The van der Waals surface area contributed by atoms with E-state index in [4.69, 9.17) is 4.74 Å². The highest BCUT2D eigenvalue weighted by Gasteiger charge is 2.45. The lowest BCUT2D eigenvalue weighted by Gasteiger charge is -2.32. The molecule has 0 bridgehead atoms. The number of rotatable bonds is 7. The van der Waals surface area contributed by atoms with E-state index in [0.717, 1.165) is 11.1 Å². The molecular formula is C26H23F6NO2. The Morgan fingerprint density at radius 2 is 1.57 bits per heavy atom. The second-order valence-corrected chi connectivity index (χ2v) is 8.49. The number of para-hydroxylation sites is 1. The average molecular weight is 495 g/mol. The summed E-state index contributed by atoms with van der Waals surface area (Å²) < 4.78 is 87.4. The lowest BCUT2D eigenvalue weighted by Crippen LogP contribution is -2.38. The topological polar surface area (TPSA) is 21.7 Å². The predicted octanol–water partition coefficient (Wildman–Crippen LogP) is 6.90. The van der Waals surface area contributed by atoms with Crippen molar-refractivity contribution in [3.05, 3.63) is 89.5 Å². The van der Waals surface area contributed by atoms with E-state index in [2.05, 4.69) is 4.74 Å². The summed E-state index contributed by atoms with van der Waals surface area (Å²) >= 11 is 0. The van der Waals surface area contributed by atoms with Crippen LogP contribution in [-0.2, 0) is 11.8 Å². The van der Waals surface area contributed by atoms with Gasteiger partial charge in [-0.05, 0) is 53.4 Å². The molecular weight excluding hydrogens is 472 g/mol. The van der Waals surface area contributed by atoms with Crippen LogP contribution in [-0.4, -0.2) is 32.7 Å². The van der Waals surface area contributed by atoms with Crippen LogP contribution in [0.2, 0.25) is 0 Å². The van der Waals surface area contributed by atoms with Gasteiger partial charge in [0.1, 0.15) is 11.5 Å². The number of ether oxygens (including phenoxy) is 2. The van der Waals surface area contributed by atoms with Gasteiger partial charge in [0.25, 0.3) is 0 Å². The number of fused-ring (bicyclic) bond motifs is 1. The second-order valence-electron chi connectivity index (χ2n) is 8.49. The molecule has 4 rings (SSSR count). The SMILES string of the molecule is COc1ccc(CC2(c3cccc(OC(F)(F)F)c3)CN(CCC(F)(F)F)c3ccccc32)cc1. The first kappa shape index (κ1) is 24.8. The minimum absolute atomic E-state index is 0.171. The van der Waals surface area contributed by atoms with Crippen molar-refractivity contribution in [2.75, 3.05) is 25.1 Å². The van der Waals surface area contributed by atoms with Crippen LogP contribution >= 0.6 is 0 Å². The summed E-state index contributed by atoms with van der Waals surface area (Å²) in [7, 11) is 1.54. The fourth-order valence-electron chi connectivity index (χ4n) is 4.69. The van der Waals surface area contributed by atoms with Crippen LogP contribution in [0, 0.1) is 0 Å². The van der Waals surface area contributed by atoms with Crippen molar-refractivity contribution in [3.8, 4) is 11.5 Å². The van der Waals surface area contributed by atoms with Crippen molar-refractivity contribution in [2.45, 2.75) is 30.8 Å². The van der Waals surface area contributed by atoms with Crippen molar-refractivity contribution < 1.29 is 35.8 Å². The Labute approximate surface area is 198 Å². The van der Waals surface area contributed by atoms with Crippen LogP contribution < -0.4 is 14.4 Å². The highest BCUT2D eigenvalue weighted by molar-refractivity contribution is 5.67. The van der Waals surface area contributed by atoms with Crippen LogP contribution in [0.1, 0.15) is 23.1 Å². The molecule has 9 heteroatoms. The molecule has 3 nitrogen and oxygen atoms in total. The van der Waals surface area contributed by atoms with E-state index in [1.165, 1.54) is 25.3 Å². The number of anilines is 1. The van der Waals surface area contributed by atoms with Gasteiger partial charge in [-0.3, -0.25) is 0 Å². The molecule has 0 amide bonds. The molecule has 186 valence electrons. The molecule has 0 N–H and O–H groups in total. The Bertz CT molecular complexity index is 1160. The van der Waals surface area contributed by atoms with Crippen molar-refractivity contribution in [3.63, 3.8) is 0 Å². The second kappa shape index (κ2) is 9.36. The van der Waals surface area contributed by atoms with Crippen LogP contribution in [0.15, 0.2) is 72.8 Å². The van der Waals surface area contributed by atoms with E-state index in [1.54, 1.807) is 41.3 Å². The van der Waals surface area contributed by atoms with Crippen LogP contribution in [0.4, 0.5) is 32.0 Å². The number of hydrogen-bond acceptors (Lipinski definition) is 3. The van der Waals surface area contributed by atoms with E-state index in [1.807, 2.05) is 18.2 Å². The van der Waals surface area contributed by atoms with Gasteiger partial charge in [-0.1, -0.05) is 42.5 Å². The Kier molecular flexibility index (Phi) is 6.62. The van der Waals surface area contributed by atoms with Crippen molar-refractivity contribution in [1.29, 1.82) is 0 Å². The molecule has 0 radical (unpaired) electrons. The fourth-order valence-corrected chi connectivity index (χ4v) is 4.69. The third-order valence-electron chi connectivity index (χ3n) is 6.17. The molecule has 1 heterocycles. The first-order valence-corrected chi connectivity index (χ1v) is 10.9. The van der Waals surface area contributed by atoms with Crippen molar-refractivity contribution >= 4 is 5.69 Å². The zero-order valence-corrected chi connectivity index (χ0v) is 18.8. The Hall–Kier alpha value is -3.36. The highest BCUT2D eigenvalue weighted by Crippen LogP contribution is 2.48. The monoisotopic (exact) mass is 495 g/mol. The molecule has 0 saturated carbocycles. The smallest absolute Gasteiger partial charge is 0.497 e. The standard InChI is InChI=1S/C26H23F6NO2/c1-34-20-11-9-18(10-12-20)16-24(19-5-4-6-21(15-19)35-26(30,31)32)17-33(14-13-25(27,28)29)23-8-3-2-7-22(23)24/h2-12,15H,13-14,16-17H2,1H3. The molecule has 0 aliphatic carbocycles. The number of halogens is 6. The summed E-state index contributed by atoms with van der Waals surface area (Å²) in [5.41, 5.74) is 1.87. The van der Waals surface area contributed by atoms with E-state index in [9.17, 15) is 26.3 Å². The first-order chi connectivity index (χ1) is 16.5. The van der Waals surface area contributed by atoms with Crippen molar-refractivity contribution in [1.82, 2.24) is 0 Å². The third-order valence-corrected chi connectivity index (χ3v) is 6.17. The van der Waals surface area contributed by atoms with E-state index < -0.39 is 24.4 Å². The van der Waals surface area contributed by atoms with Crippen molar-refractivity contribution in [2.24, 2.45) is 0 Å². The van der Waals surface area contributed by atoms with E-state index in [0.29, 0.717) is 23.4 Å². The van der Waals surface area contributed by atoms with Crippen LogP contribution in [0.25, 0.3) is 0 Å². The predicted molar refractivity (Wildman–Crippen MR) is 120 cm³/mol. The van der Waals surface area contributed by atoms with Gasteiger partial charge in [0.15, 0.2) is 0 Å². The van der Waals surface area contributed by atoms with Crippen LogP contribution in [0.3, 0.4) is 0 Å². The van der Waals surface area contributed by atoms with Gasteiger partial charge in [0.05, 0.1) is 13.5 Å². The summed E-state index contributed by atoms with van der Waals surface area (Å²) in [6.45, 7) is -0.0897. The van der Waals surface area contributed by atoms with Gasteiger partial charge in [-0.2, -0.15) is 13.2 Å². The number of nitrogens with zero attached hydrogens (tertiary/aromatic N) is 1. The molecule has 1 aliphatic heterocycles. The minimum atomic E-state index is -4.87. The van der Waals surface area contributed by atoms with E-state index >= 15 is 0 Å². The van der Waals surface area contributed by atoms with Gasteiger partial charge in [0, 0.05) is 24.2 Å². The highest BCUT2D eigenvalue weighted by atomic mass is 19.4. The van der Waals surface area contributed by atoms with Gasteiger partial charge < -0.3 is 14.4 Å². The maximum absolute atomic E-state index is 13.1. The van der Waals surface area contributed by atoms with Gasteiger partial charge in [-0.25, -0.2) is 0 Å². The number of benzene rings is 3. The molecule has 0 fully saturated rings. The maximum atomic E-state index is 13.1. The van der Waals surface area contributed by atoms with E-state index in [-0.39, 0.29) is 18.8 Å². The van der Waals surface area contributed by atoms with Crippen LogP contribution in [0.5, 0.6) is 11.5 Å². The summed E-state index contributed by atoms with van der Waals surface area (Å²) in [5.74, 6) is 0.261. The first-order valence-electron chi connectivity index (χ1n) is 10.9. The Morgan fingerprint density at radius 1 is 0.857 bits per heavy atom. The maximum Gasteiger partial charge on any atom is 0.573 e. The summed E-state index contributed by atoms with van der Waals surface area (Å²) in [5, 5.41) is 0. The molecule has 35 heavy (non-hydrogen) atoms. The number of methoxy groups -OCH3 is 1. The number of hydrogen-bond donors (Lipinski definition) is 0. The summed E-state index contributed by atoms with van der Waals surface area (Å²) in [6, 6.07) is 20.0. The third kappa shape index (κ3) is 5.66. The number of alkyl halides is 6. The minimum Gasteiger partial charge on any atom is -0.497 e. The summed E-state index contributed by atoms with van der Waals surface area (Å²) in [4.78, 5) is 1.66. The van der Waals surface area contributed by atoms with Gasteiger partial charge in [0.2, 0.25) is 0 Å². The average Bonchev–Trinajstić information content (AvgIpc) is 3.11. The lowest BCUT2D eigenvalue weighted by atomic mass is 9.71. The molecule has 3 aromatic rings. The van der Waals surface area contributed by atoms with Gasteiger partial charge in [-0.15, -0.1) is 13.2 Å².